The van der Waals surface area contributed by atoms with Crippen molar-refractivity contribution in [3.8, 4) is 5.75 Å². The van der Waals surface area contributed by atoms with Crippen molar-refractivity contribution in [3.05, 3.63) is 98.9 Å². The van der Waals surface area contributed by atoms with Crippen LogP contribution >= 0.6 is 0 Å². The van der Waals surface area contributed by atoms with Crippen LogP contribution in [-0.2, 0) is 30.5 Å². The van der Waals surface area contributed by atoms with Crippen LogP contribution in [0.15, 0.2) is 48.5 Å². The number of phenolic OH excluding ortho intramolecular Hbond substituents is 1. The number of hydrogen-bond acceptors (Lipinski definition) is 6. The van der Waals surface area contributed by atoms with Crippen molar-refractivity contribution in [1.82, 2.24) is 21.3 Å². The minimum Gasteiger partial charge on any atom is -0.507 e. The molecule has 1 unspecified atom stereocenters. The first-order valence-corrected chi connectivity index (χ1v) is 20.5. The van der Waals surface area contributed by atoms with Crippen molar-refractivity contribution in [2.24, 2.45) is 11.8 Å². The Bertz CT molecular complexity index is 2000. The molecule has 2 aliphatic carbocycles. The Morgan fingerprint density at radius 1 is 0.645 bits per heavy atom. The fraction of sp³-hybridized carbons (Fsp3) is 0.545. The van der Waals surface area contributed by atoms with Crippen molar-refractivity contribution in [3.63, 3.8) is 0 Å². The fourth-order valence-corrected chi connectivity index (χ4v) is 8.21. The lowest BCUT2D eigenvalue weighted by Gasteiger charge is -2.35. The Kier molecular flexibility index (Phi) is 15.3. The molecule has 2 saturated carbocycles. The molecule has 18 heteroatoms. The van der Waals surface area contributed by atoms with Gasteiger partial charge in [-0.1, -0.05) is 26.0 Å². The van der Waals surface area contributed by atoms with Crippen LogP contribution < -0.4 is 21.3 Å². The molecule has 2 fully saturated rings. The molecule has 0 radical (unpaired) electrons. The molecular formula is C44H52F10N4O4. The first-order valence-electron chi connectivity index (χ1n) is 20.5. The molecule has 6 N–H and O–H groups in total. The van der Waals surface area contributed by atoms with E-state index in [1.54, 1.807) is 6.92 Å². The van der Waals surface area contributed by atoms with Crippen LogP contribution in [0.25, 0.3) is 0 Å². The molecule has 3 aromatic carbocycles. The number of carbonyl (C=O) groups is 2. The largest absolute Gasteiger partial charge is 0.507 e. The Morgan fingerprint density at radius 3 is 1.55 bits per heavy atom. The molecule has 0 spiro atoms. The first-order chi connectivity index (χ1) is 28.8. The Balaban J connectivity index is 1.06. The zero-order valence-corrected chi connectivity index (χ0v) is 34.5. The maximum absolute atomic E-state index is 13.8. The summed E-state index contributed by atoms with van der Waals surface area (Å²) in [6.45, 7) is 6.42. The van der Waals surface area contributed by atoms with Crippen molar-refractivity contribution in [1.29, 1.82) is 0 Å². The summed E-state index contributed by atoms with van der Waals surface area (Å²) in [7, 11) is 0. The van der Waals surface area contributed by atoms with Gasteiger partial charge in [0, 0.05) is 60.4 Å². The number of nitrogens with one attached hydrogen (secondary N) is 4. The van der Waals surface area contributed by atoms with Crippen molar-refractivity contribution in [2.45, 2.75) is 121 Å². The van der Waals surface area contributed by atoms with Gasteiger partial charge in [-0.25, -0.2) is 4.39 Å². The van der Waals surface area contributed by atoms with Crippen LogP contribution in [0.5, 0.6) is 5.75 Å². The van der Waals surface area contributed by atoms with Gasteiger partial charge in [-0.05, 0) is 118 Å². The van der Waals surface area contributed by atoms with Crippen LogP contribution in [0.2, 0.25) is 0 Å². The Labute approximate surface area is 353 Å². The number of rotatable bonds is 14. The van der Waals surface area contributed by atoms with Crippen LogP contribution in [0, 0.1) is 24.6 Å². The normalized spacial score (nSPS) is 20.7. The van der Waals surface area contributed by atoms with Gasteiger partial charge in [-0.15, -0.1) is 0 Å². The van der Waals surface area contributed by atoms with E-state index in [-0.39, 0.29) is 55.4 Å². The third-order valence-electron chi connectivity index (χ3n) is 12.2. The lowest BCUT2D eigenvalue weighted by molar-refractivity contribution is -0.143. The molecule has 0 bridgehead atoms. The highest BCUT2D eigenvalue weighted by Gasteiger charge is 2.38. The topological polar surface area (TPSA) is 123 Å². The summed E-state index contributed by atoms with van der Waals surface area (Å²) in [5.41, 5.74) is -4.29. The second-order valence-electron chi connectivity index (χ2n) is 17.2. The van der Waals surface area contributed by atoms with Gasteiger partial charge in [0.1, 0.15) is 11.6 Å². The number of halogens is 10. The molecule has 2 amide bonds. The third kappa shape index (κ3) is 12.8. The minimum absolute atomic E-state index is 0.00218. The average molecular weight is 891 g/mol. The number of amides is 2. The molecular weight excluding hydrogens is 838 g/mol. The lowest BCUT2D eigenvalue weighted by Crippen LogP contribution is -2.46. The van der Waals surface area contributed by atoms with Crippen LogP contribution in [-0.4, -0.2) is 59.8 Å². The SMILES string of the molecule is Cc1cc(CNC2CCC(CNC(=O)c3cc(F)cc(C(F)(F)F)c3)CC2)cc(C(C)(C)C(O)CNC2CCC(CNC(=O)c3cc(C(F)(F)F)cc(C(F)(F)F)c3)CC2)c1O. The van der Waals surface area contributed by atoms with E-state index >= 15 is 0 Å². The standard InChI is InChI=1S/C44H52F10N4O4/c1-24-12-27(22-55-34-8-4-25(5-9-34)21-58-40(62)29-16-32(44(52,53)54)19-33(45)17-29)13-36(38(24)60)41(2,3)37(59)23-56-35-10-6-26(7-11-35)20-57-39(61)28-14-30(42(46,47)48)18-31(15-28)43(49,50)51/h12-19,25-26,34-35,37,55-56,59-60H,4-11,20-23H2,1-3H3,(H,57,61)(H,58,62). The number of aliphatic hydroxyl groups is 1. The summed E-state index contributed by atoms with van der Waals surface area (Å²) >= 11 is 0. The number of aryl methyl sites for hydroxylation is 1. The highest BCUT2D eigenvalue weighted by atomic mass is 19.4. The first kappa shape index (κ1) is 48.6. The summed E-state index contributed by atoms with van der Waals surface area (Å²) in [5, 5.41) is 34.5. The molecule has 342 valence electrons. The molecule has 5 rings (SSSR count). The van der Waals surface area contributed by atoms with Gasteiger partial charge in [0.15, 0.2) is 0 Å². The predicted molar refractivity (Wildman–Crippen MR) is 211 cm³/mol. The van der Waals surface area contributed by atoms with Gasteiger partial charge in [-0.2, -0.15) is 39.5 Å². The molecule has 0 saturated heterocycles. The van der Waals surface area contributed by atoms with E-state index in [1.807, 2.05) is 26.0 Å². The van der Waals surface area contributed by atoms with Crippen LogP contribution in [0.3, 0.4) is 0 Å². The third-order valence-corrected chi connectivity index (χ3v) is 12.2. The number of aliphatic hydroxyl groups excluding tert-OH is 1. The van der Waals surface area contributed by atoms with Gasteiger partial charge >= 0.3 is 18.5 Å². The maximum Gasteiger partial charge on any atom is 0.416 e. The molecule has 0 heterocycles. The predicted octanol–water partition coefficient (Wildman–Crippen LogP) is 9.19. The van der Waals surface area contributed by atoms with E-state index in [0.29, 0.717) is 67.6 Å². The number of carbonyl (C=O) groups excluding carboxylic acids is 2. The Hall–Kier alpha value is -4.42. The number of hydrogen-bond donors (Lipinski definition) is 6. The fourth-order valence-electron chi connectivity index (χ4n) is 8.21. The van der Waals surface area contributed by atoms with Crippen molar-refractivity contribution < 1.29 is 63.7 Å². The monoisotopic (exact) mass is 890 g/mol. The minimum atomic E-state index is -5.07. The zero-order chi connectivity index (χ0) is 45.8. The quantitative estimate of drug-likeness (QED) is 0.0899. The molecule has 0 aliphatic heterocycles. The second-order valence-corrected chi connectivity index (χ2v) is 17.2. The number of phenols is 1. The van der Waals surface area contributed by atoms with E-state index in [1.165, 1.54) is 0 Å². The summed E-state index contributed by atoms with van der Waals surface area (Å²) in [6, 6.07) is 6.40. The van der Waals surface area contributed by atoms with E-state index in [9.17, 15) is 63.7 Å². The summed E-state index contributed by atoms with van der Waals surface area (Å²) in [5.74, 6) is -2.85. The van der Waals surface area contributed by atoms with Crippen LogP contribution in [0.4, 0.5) is 43.9 Å². The van der Waals surface area contributed by atoms with Crippen LogP contribution in [0.1, 0.15) is 119 Å². The average Bonchev–Trinajstić information content (AvgIpc) is 3.20. The molecule has 8 nitrogen and oxygen atoms in total. The van der Waals surface area contributed by atoms with E-state index in [2.05, 4.69) is 21.3 Å². The number of aromatic hydroxyl groups is 1. The lowest BCUT2D eigenvalue weighted by atomic mass is 9.77. The number of alkyl halides is 9. The van der Waals surface area contributed by atoms with Crippen molar-refractivity contribution >= 4 is 11.8 Å². The van der Waals surface area contributed by atoms with Gasteiger partial charge in [0.2, 0.25) is 0 Å². The van der Waals surface area contributed by atoms with Gasteiger partial charge < -0.3 is 31.5 Å². The maximum atomic E-state index is 13.8. The highest BCUT2D eigenvalue weighted by molar-refractivity contribution is 5.95. The summed E-state index contributed by atoms with van der Waals surface area (Å²) in [4.78, 5) is 25.2. The smallest absolute Gasteiger partial charge is 0.416 e. The summed E-state index contributed by atoms with van der Waals surface area (Å²) in [6.07, 6.45) is -10.3. The van der Waals surface area contributed by atoms with Gasteiger partial charge in [0.05, 0.1) is 22.8 Å². The van der Waals surface area contributed by atoms with E-state index in [4.69, 9.17) is 0 Å². The molecule has 0 aromatic heterocycles. The van der Waals surface area contributed by atoms with E-state index in [0.717, 1.165) is 37.3 Å². The molecule has 1 atom stereocenters. The second kappa shape index (κ2) is 19.5. The molecule has 62 heavy (non-hydrogen) atoms. The summed E-state index contributed by atoms with van der Waals surface area (Å²) < 4.78 is 133. The zero-order valence-electron chi connectivity index (χ0n) is 34.5. The van der Waals surface area contributed by atoms with E-state index < -0.39 is 75.5 Å². The van der Waals surface area contributed by atoms with Gasteiger partial charge in [0.25, 0.3) is 11.8 Å². The Morgan fingerprint density at radius 2 is 1.08 bits per heavy atom. The highest BCUT2D eigenvalue weighted by Crippen LogP contribution is 2.39. The van der Waals surface area contributed by atoms with Crippen molar-refractivity contribution in [2.75, 3.05) is 19.6 Å². The molecule has 2 aliphatic rings. The van der Waals surface area contributed by atoms with Gasteiger partial charge in [-0.3, -0.25) is 9.59 Å². The number of benzene rings is 3. The molecule has 3 aromatic rings.